The normalized spacial score (nSPS) is 14.5. The molecule has 0 heterocycles. The Morgan fingerprint density at radius 3 is 2.29 bits per heavy atom. The lowest BCUT2D eigenvalue weighted by atomic mass is 9.90. The third-order valence-corrected chi connectivity index (χ3v) is 2.83. The van der Waals surface area contributed by atoms with E-state index < -0.39 is 0 Å². The van der Waals surface area contributed by atoms with Crippen molar-refractivity contribution in [3.05, 3.63) is 29.8 Å². The van der Waals surface area contributed by atoms with Crippen LogP contribution in [0, 0.1) is 0 Å². The lowest BCUT2D eigenvalue weighted by molar-refractivity contribution is 0.484. The van der Waals surface area contributed by atoms with Crippen molar-refractivity contribution in [1.29, 1.82) is 0 Å². The highest BCUT2D eigenvalue weighted by Crippen LogP contribution is 2.29. The summed E-state index contributed by atoms with van der Waals surface area (Å²) >= 11 is 0. The first-order valence-corrected chi connectivity index (χ1v) is 4.92. The van der Waals surface area contributed by atoms with Crippen LogP contribution >= 0.6 is 0 Å². The van der Waals surface area contributed by atoms with E-state index in [4.69, 9.17) is 0 Å². The zero-order valence-corrected chi connectivity index (χ0v) is 9.17. The molecule has 0 fully saturated rings. The van der Waals surface area contributed by atoms with Gasteiger partial charge in [0.15, 0.2) is 0 Å². The molecule has 1 aromatic rings. The van der Waals surface area contributed by atoms with Crippen LogP contribution in [0.4, 0.5) is 5.69 Å². The Labute approximate surface area is 86.1 Å². The molecule has 0 aliphatic heterocycles. The Kier molecular flexibility index (Phi) is 3.28. The van der Waals surface area contributed by atoms with Gasteiger partial charge in [-0.05, 0) is 37.8 Å². The summed E-state index contributed by atoms with van der Waals surface area (Å²) in [5.74, 6) is 0. The first-order valence-electron chi connectivity index (χ1n) is 4.92. The zero-order chi connectivity index (χ0) is 10.6. The highest BCUT2D eigenvalue weighted by atomic mass is 14.8. The maximum atomic E-state index is 4.19. The summed E-state index contributed by atoms with van der Waals surface area (Å²) in [7, 11) is 1.92. The van der Waals surface area contributed by atoms with Crippen LogP contribution in [0.15, 0.2) is 29.3 Å². The number of nitrogens with one attached hydrogen (secondary N) is 1. The van der Waals surface area contributed by atoms with Gasteiger partial charge in [-0.25, -0.2) is 0 Å². The number of nitrogens with zero attached hydrogens (tertiary/aromatic N) is 1. The molecule has 0 radical (unpaired) electrons. The molecule has 2 nitrogen and oxygen atoms in total. The number of rotatable bonds is 4. The molecule has 0 aliphatic carbocycles. The van der Waals surface area contributed by atoms with Crippen molar-refractivity contribution in [2.24, 2.45) is 4.99 Å². The molecule has 1 rings (SSSR count). The molecule has 1 atom stereocenters. The molecule has 0 saturated carbocycles. The summed E-state index contributed by atoms with van der Waals surface area (Å²) in [4.78, 5) is 4.19. The molecular weight excluding hydrogens is 172 g/mol. The average Bonchev–Trinajstić information content (AvgIpc) is 2.28. The molecule has 0 aromatic heterocycles. The molecule has 1 N–H and O–H groups in total. The van der Waals surface area contributed by atoms with Gasteiger partial charge in [0.05, 0.1) is 5.54 Å². The Bertz CT molecular complexity index is 303. The molecule has 0 aliphatic rings. The van der Waals surface area contributed by atoms with E-state index in [0.29, 0.717) is 0 Å². The fourth-order valence-corrected chi connectivity index (χ4v) is 1.40. The van der Waals surface area contributed by atoms with Crippen LogP contribution < -0.4 is 5.32 Å². The van der Waals surface area contributed by atoms with Crippen molar-refractivity contribution in [2.75, 3.05) is 12.4 Å². The van der Waals surface area contributed by atoms with Crippen molar-refractivity contribution in [3.8, 4) is 0 Å². The Balaban J connectivity index is 3.01. The first-order chi connectivity index (χ1) is 6.66. The summed E-state index contributed by atoms with van der Waals surface area (Å²) in [5, 5.41) is 3.10. The second-order valence-corrected chi connectivity index (χ2v) is 3.61. The van der Waals surface area contributed by atoms with Gasteiger partial charge in [0.2, 0.25) is 0 Å². The van der Waals surface area contributed by atoms with Gasteiger partial charge in [0, 0.05) is 12.7 Å². The Morgan fingerprint density at radius 1 is 1.36 bits per heavy atom. The van der Waals surface area contributed by atoms with E-state index in [-0.39, 0.29) is 5.54 Å². The van der Waals surface area contributed by atoms with Gasteiger partial charge in [-0.1, -0.05) is 19.1 Å². The van der Waals surface area contributed by atoms with Gasteiger partial charge in [0.25, 0.3) is 0 Å². The lowest BCUT2D eigenvalue weighted by Crippen LogP contribution is -2.17. The van der Waals surface area contributed by atoms with Crippen LogP contribution in [-0.4, -0.2) is 13.8 Å². The second kappa shape index (κ2) is 4.27. The van der Waals surface area contributed by atoms with E-state index >= 15 is 0 Å². The third kappa shape index (κ3) is 1.95. The van der Waals surface area contributed by atoms with Crippen molar-refractivity contribution in [2.45, 2.75) is 25.8 Å². The smallest absolute Gasteiger partial charge is 0.0818 e. The minimum Gasteiger partial charge on any atom is -0.388 e. The molecular formula is C12H18N2. The summed E-state index contributed by atoms with van der Waals surface area (Å²) in [5.41, 5.74) is 2.19. The summed E-state index contributed by atoms with van der Waals surface area (Å²) in [6.45, 7) is 7.89. The van der Waals surface area contributed by atoms with Crippen molar-refractivity contribution >= 4 is 12.4 Å². The standard InChI is InChI=1S/C12H18N2/c1-5-12(2,14-4)10-6-8-11(13-3)9-7-10/h6-9,13H,4-5H2,1-3H3. The summed E-state index contributed by atoms with van der Waals surface area (Å²) < 4.78 is 0. The van der Waals surface area contributed by atoms with Gasteiger partial charge >= 0.3 is 0 Å². The Hall–Kier alpha value is -1.31. The molecule has 1 aromatic carbocycles. The second-order valence-electron chi connectivity index (χ2n) is 3.61. The van der Waals surface area contributed by atoms with E-state index in [1.165, 1.54) is 5.56 Å². The molecule has 0 spiro atoms. The third-order valence-electron chi connectivity index (χ3n) is 2.83. The predicted molar refractivity (Wildman–Crippen MR) is 63.2 cm³/mol. The largest absolute Gasteiger partial charge is 0.388 e. The van der Waals surface area contributed by atoms with E-state index in [1.54, 1.807) is 0 Å². The fourth-order valence-electron chi connectivity index (χ4n) is 1.40. The topological polar surface area (TPSA) is 24.4 Å². The van der Waals surface area contributed by atoms with Crippen LogP contribution in [0.3, 0.4) is 0 Å². The monoisotopic (exact) mass is 190 g/mol. The SMILES string of the molecule is C=NC(C)(CC)c1ccc(NC)cc1. The van der Waals surface area contributed by atoms with Crippen molar-refractivity contribution in [1.82, 2.24) is 0 Å². The van der Waals surface area contributed by atoms with Crippen LogP contribution in [0.5, 0.6) is 0 Å². The minimum absolute atomic E-state index is 0.147. The first kappa shape index (κ1) is 10.8. The summed E-state index contributed by atoms with van der Waals surface area (Å²) in [6, 6.07) is 8.33. The Morgan fingerprint density at radius 2 is 1.93 bits per heavy atom. The highest BCUT2D eigenvalue weighted by molar-refractivity contribution is 5.45. The number of anilines is 1. The zero-order valence-electron chi connectivity index (χ0n) is 9.17. The van der Waals surface area contributed by atoms with E-state index in [2.05, 4.69) is 55.1 Å². The highest BCUT2D eigenvalue weighted by Gasteiger charge is 2.21. The molecule has 2 heteroatoms. The maximum absolute atomic E-state index is 4.19. The number of hydrogen-bond donors (Lipinski definition) is 1. The van der Waals surface area contributed by atoms with Gasteiger partial charge in [-0.3, -0.25) is 4.99 Å². The van der Waals surface area contributed by atoms with Crippen molar-refractivity contribution in [3.63, 3.8) is 0 Å². The maximum Gasteiger partial charge on any atom is 0.0818 e. The van der Waals surface area contributed by atoms with Crippen LogP contribution in [-0.2, 0) is 5.54 Å². The molecule has 0 bridgehead atoms. The lowest BCUT2D eigenvalue weighted by Gasteiger charge is -2.23. The predicted octanol–water partition coefficient (Wildman–Crippen LogP) is 3.05. The van der Waals surface area contributed by atoms with Crippen LogP contribution in [0.1, 0.15) is 25.8 Å². The van der Waals surface area contributed by atoms with E-state index in [0.717, 1.165) is 12.1 Å². The fraction of sp³-hybridized carbons (Fsp3) is 0.417. The summed E-state index contributed by atoms with van der Waals surface area (Å²) in [6.07, 6.45) is 0.968. The molecule has 1 unspecified atom stereocenters. The average molecular weight is 190 g/mol. The van der Waals surface area contributed by atoms with E-state index in [1.807, 2.05) is 7.05 Å². The van der Waals surface area contributed by atoms with Crippen LogP contribution in [0.2, 0.25) is 0 Å². The van der Waals surface area contributed by atoms with Gasteiger partial charge < -0.3 is 5.32 Å². The molecule has 0 saturated heterocycles. The molecule has 76 valence electrons. The molecule has 0 amide bonds. The van der Waals surface area contributed by atoms with Crippen LogP contribution in [0.25, 0.3) is 0 Å². The molecule has 14 heavy (non-hydrogen) atoms. The van der Waals surface area contributed by atoms with Gasteiger partial charge in [-0.15, -0.1) is 0 Å². The van der Waals surface area contributed by atoms with Crippen molar-refractivity contribution < 1.29 is 0 Å². The van der Waals surface area contributed by atoms with Gasteiger partial charge in [0.1, 0.15) is 0 Å². The minimum atomic E-state index is -0.147. The number of hydrogen-bond acceptors (Lipinski definition) is 2. The van der Waals surface area contributed by atoms with Gasteiger partial charge in [-0.2, -0.15) is 0 Å². The quantitative estimate of drug-likeness (QED) is 0.725. The number of benzene rings is 1. The number of aliphatic imine (C=N–C) groups is 1. The van der Waals surface area contributed by atoms with E-state index in [9.17, 15) is 0 Å².